The van der Waals surface area contributed by atoms with Gasteiger partial charge in [0.25, 0.3) is 0 Å². The lowest BCUT2D eigenvalue weighted by Gasteiger charge is -2.08. The first-order valence-corrected chi connectivity index (χ1v) is 7.03. The fourth-order valence-electron chi connectivity index (χ4n) is 1.97. The minimum atomic E-state index is 0.425. The molecule has 0 aromatic heterocycles. The van der Waals surface area contributed by atoms with Crippen molar-refractivity contribution in [2.75, 3.05) is 0 Å². The number of hydrogen-bond acceptors (Lipinski definition) is 2. The predicted octanol–water partition coefficient (Wildman–Crippen LogP) is 5.11. The van der Waals surface area contributed by atoms with Crippen molar-refractivity contribution in [2.45, 2.75) is 0 Å². The van der Waals surface area contributed by atoms with Crippen LogP contribution in [0.4, 0.5) is 5.69 Å². The number of para-hydroxylation sites is 1. The van der Waals surface area contributed by atoms with Gasteiger partial charge in [0, 0.05) is 11.1 Å². The minimum Gasteiger partial charge on any atom is -0.300 e. The van der Waals surface area contributed by atoms with Crippen molar-refractivity contribution in [1.29, 1.82) is 5.41 Å². The van der Waals surface area contributed by atoms with Gasteiger partial charge >= 0.3 is 0 Å². The van der Waals surface area contributed by atoms with Gasteiger partial charge in [0.2, 0.25) is 0 Å². The molecule has 0 spiro atoms. The van der Waals surface area contributed by atoms with E-state index in [9.17, 15) is 0 Å². The number of hydrogen-bond donors (Lipinski definition) is 1. The Morgan fingerprint density at radius 1 is 0.818 bits per heavy atom. The second kappa shape index (κ2) is 8.32. The Kier molecular flexibility index (Phi) is 5.82. The lowest BCUT2D eigenvalue weighted by Crippen LogP contribution is -2.02. The number of allylic oxidation sites excluding steroid dienone is 12. The van der Waals surface area contributed by atoms with Crippen LogP contribution in [0.15, 0.2) is 102 Å². The number of nitrogens with zero attached hydrogens (tertiary/aromatic N) is 1. The maximum Gasteiger partial charge on any atom is 0.0716 e. The molecule has 0 saturated carbocycles. The van der Waals surface area contributed by atoms with Crippen LogP contribution in [0, 0.1) is 5.41 Å². The average Bonchev–Trinajstić information content (AvgIpc) is 2.55. The second-order valence-corrected chi connectivity index (χ2v) is 4.57. The zero-order chi connectivity index (χ0) is 15.6. The molecule has 2 heteroatoms. The van der Waals surface area contributed by atoms with Crippen molar-refractivity contribution in [1.82, 2.24) is 0 Å². The normalized spacial score (nSPS) is 23.7. The largest absolute Gasteiger partial charge is 0.300 e. The van der Waals surface area contributed by atoms with Gasteiger partial charge in [0.15, 0.2) is 0 Å². The molecule has 0 saturated heterocycles. The van der Waals surface area contributed by atoms with Gasteiger partial charge < -0.3 is 0 Å². The van der Waals surface area contributed by atoms with Crippen molar-refractivity contribution in [3.63, 3.8) is 0 Å². The van der Waals surface area contributed by atoms with Gasteiger partial charge in [-0.1, -0.05) is 85.0 Å². The van der Waals surface area contributed by atoms with E-state index in [1.165, 1.54) is 0 Å². The Morgan fingerprint density at radius 3 is 2.09 bits per heavy atom. The van der Waals surface area contributed by atoms with E-state index in [2.05, 4.69) is 11.7 Å². The molecule has 0 radical (unpaired) electrons. The molecule has 1 N–H and O–H groups in total. The molecule has 1 aliphatic rings. The summed E-state index contributed by atoms with van der Waals surface area (Å²) in [7, 11) is 0. The fraction of sp³-hybridized carbons (Fsp3) is 0. The summed E-state index contributed by atoms with van der Waals surface area (Å²) in [6.07, 6.45) is 21.4. The molecule has 0 fully saturated rings. The molecule has 1 aromatic carbocycles. The highest BCUT2D eigenvalue weighted by atomic mass is 14.7. The van der Waals surface area contributed by atoms with Crippen molar-refractivity contribution < 1.29 is 0 Å². The summed E-state index contributed by atoms with van der Waals surface area (Å²) in [5.41, 5.74) is 2.73. The van der Waals surface area contributed by atoms with Crippen LogP contribution >= 0.6 is 0 Å². The molecule has 2 rings (SSSR count). The zero-order valence-electron chi connectivity index (χ0n) is 12.3. The quantitative estimate of drug-likeness (QED) is 0.750. The standard InChI is InChI=1S/C20H18N2/c1-22-19-16-12-11-15-18(19)20(21)17-13-9-7-5-3-2-4-6-8-10-14-17/h2-16,21H,1H2/b3-2-,4-2?,5-3?,6-4-,7-5+,8-6?,9-7?,10-8-,13-9+,14-10?,17-13?,17-14+,21-20?. The molecule has 0 unspecified atom stereocenters. The average molecular weight is 286 g/mol. The van der Waals surface area contributed by atoms with Gasteiger partial charge in [-0.05, 0) is 12.8 Å². The van der Waals surface area contributed by atoms with Gasteiger partial charge in [-0.2, -0.15) is 0 Å². The third-order valence-corrected chi connectivity index (χ3v) is 3.07. The first-order chi connectivity index (χ1) is 10.8. The molecule has 0 amide bonds. The van der Waals surface area contributed by atoms with Crippen LogP contribution in [-0.4, -0.2) is 12.4 Å². The lowest BCUT2D eigenvalue weighted by atomic mass is 10.00. The zero-order valence-corrected chi connectivity index (χ0v) is 12.3. The molecule has 1 aliphatic carbocycles. The van der Waals surface area contributed by atoms with Gasteiger partial charge in [0.05, 0.1) is 11.4 Å². The Labute approximate surface area is 131 Å². The van der Waals surface area contributed by atoms with E-state index in [0.717, 1.165) is 16.8 Å². The predicted molar refractivity (Wildman–Crippen MR) is 96.3 cm³/mol. The molecule has 22 heavy (non-hydrogen) atoms. The number of nitrogens with one attached hydrogen (secondary N) is 1. The van der Waals surface area contributed by atoms with E-state index in [1.54, 1.807) is 0 Å². The Bertz CT molecular complexity index is 726. The molecule has 1 aromatic rings. The highest BCUT2D eigenvalue weighted by molar-refractivity contribution is 6.15. The number of rotatable bonds is 3. The van der Waals surface area contributed by atoms with Gasteiger partial charge in [0.1, 0.15) is 0 Å². The van der Waals surface area contributed by atoms with Gasteiger partial charge in [-0.15, -0.1) is 0 Å². The Hall–Kier alpha value is -3.00. The lowest BCUT2D eigenvalue weighted by molar-refractivity contribution is 1.44. The molecule has 0 aliphatic heterocycles. The van der Waals surface area contributed by atoms with Crippen LogP contribution in [0.3, 0.4) is 0 Å². The van der Waals surface area contributed by atoms with E-state index in [-0.39, 0.29) is 0 Å². The topological polar surface area (TPSA) is 36.2 Å². The van der Waals surface area contributed by atoms with Crippen LogP contribution in [-0.2, 0) is 0 Å². The van der Waals surface area contributed by atoms with E-state index < -0.39 is 0 Å². The molecular weight excluding hydrogens is 268 g/mol. The maximum absolute atomic E-state index is 8.46. The molecule has 0 bridgehead atoms. The fourth-order valence-corrected chi connectivity index (χ4v) is 1.97. The Morgan fingerprint density at radius 2 is 1.41 bits per heavy atom. The summed E-state index contributed by atoms with van der Waals surface area (Å²) in [6.45, 7) is 3.58. The molecule has 0 atom stereocenters. The van der Waals surface area contributed by atoms with E-state index in [0.29, 0.717) is 5.71 Å². The smallest absolute Gasteiger partial charge is 0.0716 e. The molecule has 0 heterocycles. The van der Waals surface area contributed by atoms with Crippen LogP contribution in [0.2, 0.25) is 0 Å². The van der Waals surface area contributed by atoms with Gasteiger partial charge in [-0.3, -0.25) is 10.4 Å². The molecular formula is C20H18N2. The third kappa shape index (κ3) is 4.25. The van der Waals surface area contributed by atoms with E-state index in [1.807, 2.05) is 91.1 Å². The van der Waals surface area contributed by atoms with E-state index >= 15 is 0 Å². The first-order valence-electron chi connectivity index (χ1n) is 7.03. The second-order valence-electron chi connectivity index (χ2n) is 4.57. The molecule has 2 nitrogen and oxygen atoms in total. The SMILES string of the molecule is C=Nc1ccccc1C(=N)C1=C/C=C\C=C/C=C\C=C\C=C\1. The summed E-state index contributed by atoms with van der Waals surface area (Å²) < 4.78 is 0. The number of benzene rings is 1. The summed E-state index contributed by atoms with van der Waals surface area (Å²) in [5.74, 6) is 0. The van der Waals surface area contributed by atoms with Crippen LogP contribution in [0.5, 0.6) is 0 Å². The van der Waals surface area contributed by atoms with Crippen LogP contribution in [0.25, 0.3) is 0 Å². The maximum atomic E-state index is 8.46. The van der Waals surface area contributed by atoms with Crippen molar-refractivity contribution >= 4 is 18.1 Å². The third-order valence-electron chi connectivity index (χ3n) is 3.07. The number of aliphatic imine (C=N–C) groups is 1. The highest BCUT2D eigenvalue weighted by Gasteiger charge is 2.08. The summed E-state index contributed by atoms with van der Waals surface area (Å²) in [6, 6.07) is 7.55. The minimum absolute atomic E-state index is 0.425. The van der Waals surface area contributed by atoms with Crippen molar-refractivity contribution in [3.8, 4) is 0 Å². The van der Waals surface area contributed by atoms with Crippen molar-refractivity contribution in [2.24, 2.45) is 4.99 Å². The monoisotopic (exact) mass is 286 g/mol. The highest BCUT2D eigenvalue weighted by Crippen LogP contribution is 2.21. The van der Waals surface area contributed by atoms with Crippen LogP contribution < -0.4 is 0 Å². The summed E-state index contributed by atoms with van der Waals surface area (Å²) >= 11 is 0. The van der Waals surface area contributed by atoms with Crippen LogP contribution in [0.1, 0.15) is 5.56 Å². The first kappa shape index (κ1) is 15.4. The molecule has 108 valence electrons. The van der Waals surface area contributed by atoms with E-state index in [4.69, 9.17) is 5.41 Å². The van der Waals surface area contributed by atoms with Crippen molar-refractivity contribution in [3.05, 3.63) is 102 Å². The summed E-state index contributed by atoms with van der Waals surface area (Å²) in [4.78, 5) is 3.99. The van der Waals surface area contributed by atoms with Gasteiger partial charge in [-0.25, -0.2) is 0 Å². The summed E-state index contributed by atoms with van der Waals surface area (Å²) in [5, 5.41) is 8.46. The Balaban J connectivity index is 2.38.